The summed E-state index contributed by atoms with van der Waals surface area (Å²) in [6.45, 7) is 6.35. The van der Waals surface area contributed by atoms with E-state index in [1.165, 1.54) is 0 Å². The first-order valence-electron chi connectivity index (χ1n) is 4.24. The van der Waals surface area contributed by atoms with E-state index in [1.54, 1.807) is 17.0 Å². The van der Waals surface area contributed by atoms with Crippen LogP contribution in [0.5, 0.6) is 0 Å². The number of rotatable bonds is 0. The van der Waals surface area contributed by atoms with Crippen molar-refractivity contribution in [1.29, 1.82) is 0 Å². The summed E-state index contributed by atoms with van der Waals surface area (Å²) in [5.74, 6) is 0. The van der Waals surface area contributed by atoms with Crippen LogP contribution in [0.2, 0.25) is 0 Å². The fourth-order valence-corrected chi connectivity index (χ4v) is 1.29. The van der Waals surface area contributed by atoms with Crippen molar-refractivity contribution in [2.24, 2.45) is 0 Å². The standard InChI is InChI=1S/C9H12N4/c1-9(2,3)7-8-10-4-5-13(8)12-6-11-7/h4-6H,1-3H3. The van der Waals surface area contributed by atoms with Crippen LogP contribution in [0.15, 0.2) is 18.7 Å². The summed E-state index contributed by atoms with van der Waals surface area (Å²) >= 11 is 0. The van der Waals surface area contributed by atoms with E-state index in [-0.39, 0.29) is 5.41 Å². The number of nitrogens with zero attached hydrogens (tertiary/aromatic N) is 4. The second-order valence-corrected chi connectivity index (χ2v) is 4.05. The number of hydrogen-bond acceptors (Lipinski definition) is 3. The van der Waals surface area contributed by atoms with Crippen LogP contribution >= 0.6 is 0 Å². The lowest BCUT2D eigenvalue weighted by Gasteiger charge is -2.17. The monoisotopic (exact) mass is 176 g/mol. The van der Waals surface area contributed by atoms with Crippen LogP contribution < -0.4 is 0 Å². The fourth-order valence-electron chi connectivity index (χ4n) is 1.29. The Balaban J connectivity index is 2.75. The lowest BCUT2D eigenvalue weighted by Crippen LogP contribution is -2.16. The van der Waals surface area contributed by atoms with Crippen molar-refractivity contribution in [2.45, 2.75) is 26.2 Å². The minimum Gasteiger partial charge on any atom is -0.235 e. The number of aromatic nitrogens is 4. The summed E-state index contributed by atoms with van der Waals surface area (Å²) < 4.78 is 1.74. The average molecular weight is 176 g/mol. The van der Waals surface area contributed by atoms with Gasteiger partial charge in [0.25, 0.3) is 0 Å². The molecule has 0 radical (unpaired) electrons. The van der Waals surface area contributed by atoms with Crippen LogP contribution in [0.25, 0.3) is 5.65 Å². The van der Waals surface area contributed by atoms with E-state index in [4.69, 9.17) is 0 Å². The van der Waals surface area contributed by atoms with E-state index in [0.717, 1.165) is 11.3 Å². The normalized spacial score (nSPS) is 12.2. The largest absolute Gasteiger partial charge is 0.235 e. The van der Waals surface area contributed by atoms with Crippen LogP contribution in [0.1, 0.15) is 26.5 Å². The molecule has 0 fully saturated rings. The molecular weight excluding hydrogens is 164 g/mol. The van der Waals surface area contributed by atoms with Crippen molar-refractivity contribution in [3.05, 3.63) is 24.4 Å². The SMILES string of the molecule is CC(C)(C)c1ncnn2ccnc12. The Morgan fingerprint density at radius 3 is 2.69 bits per heavy atom. The van der Waals surface area contributed by atoms with Crippen LogP contribution in [0.3, 0.4) is 0 Å². The van der Waals surface area contributed by atoms with Gasteiger partial charge < -0.3 is 0 Å². The highest BCUT2D eigenvalue weighted by Crippen LogP contribution is 2.22. The van der Waals surface area contributed by atoms with Gasteiger partial charge in [0.1, 0.15) is 6.33 Å². The molecule has 4 nitrogen and oxygen atoms in total. The molecule has 0 N–H and O–H groups in total. The molecule has 68 valence electrons. The van der Waals surface area contributed by atoms with Crippen LogP contribution in [-0.2, 0) is 5.41 Å². The van der Waals surface area contributed by atoms with Gasteiger partial charge in [0.15, 0.2) is 5.65 Å². The Kier molecular flexibility index (Phi) is 1.58. The topological polar surface area (TPSA) is 43.1 Å². The van der Waals surface area contributed by atoms with E-state index < -0.39 is 0 Å². The fraction of sp³-hybridized carbons (Fsp3) is 0.444. The summed E-state index contributed by atoms with van der Waals surface area (Å²) in [4.78, 5) is 8.48. The zero-order valence-corrected chi connectivity index (χ0v) is 8.02. The third kappa shape index (κ3) is 1.28. The predicted molar refractivity (Wildman–Crippen MR) is 49.5 cm³/mol. The van der Waals surface area contributed by atoms with Crippen molar-refractivity contribution in [1.82, 2.24) is 19.6 Å². The molecule has 4 heteroatoms. The van der Waals surface area contributed by atoms with Gasteiger partial charge in [-0.3, -0.25) is 0 Å². The van der Waals surface area contributed by atoms with Crippen molar-refractivity contribution >= 4 is 5.65 Å². The van der Waals surface area contributed by atoms with E-state index in [1.807, 2.05) is 6.20 Å². The lowest BCUT2D eigenvalue weighted by atomic mass is 9.92. The van der Waals surface area contributed by atoms with Gasteiger partial charge in [-0.25, -0.2) is 14.5 Å². The Morgan fingerprint density at radius 2 is 2.00 bits per heavy atom. The predicted octanol–water partition coefficient (Wildman–Crippen LogP) is 1.42. The molecule has 13 heavy (non-hydrogen) atoms. The van der Waals surface area contributed by atoms with Crippen LogP contribution in [0.4, 0.5) is 0 Å². The minimum atomic E-state index is 0.00947. The number of hydrogen-bond donors (Lipinski definition) is 0. The van der Waals surface area contributed by atoms with E-state index in [0.29, 0.717) is 0 Å². The van der Waals surface area contributed by atoms with Gasteiger partial charge in [-0.1, -0.05) is 20.8 Å². The first kappa shape index (κ1) is 8.16. The summed E-state index contributed by atoms with van der Waals surface area (Å²) in [6.07, 6.45) is 5.13. The molecule has 0 unspecified atom stereocenters. The molecule has 2 aromatic heterocycles. The Bertz CT molecular complexity index is 424. The van der Waals surface area contributed by atoms with Crippen molar-refractivity contribution < 1.29 is 0 Å². The molecule has 0 aliphatic carbocycles. The summed E-state index contributed by atoms with van der Waals surface area (Å²) in [5, 5.41) is 4.06. The van der Waals surface area contributed by atoms with Crippen molar-refractivity contribution in [3.8, 4) is 0 Å². The molecule has 0 aliphatic heterocycles. The zero-order valence-electron chi connectivity index (χ0n) is 8.02. The first-order valence-corrected chi connectivity index (χ1v) is 4.24. The van der Waals surface area contributed by atoms with Gasteiger partial charge in [-0.2, -0.15) is 5.10 Å². The van der Waals surface area contributed by atoms with E-state index in [2.05, 4.69) is 35.8 Å². The second-order valence-electron chi connectivity index (χ2n) is 4.05. The van der Waals surface area contributed by atoms with Crippen LogP contribution in [0, 0.1) is 0 Å². The van der Waals surface area contributed by atoms with Crippen LogP contribution in [-0.4, -0.2) is 19.6 Å². The van der Waals surface area contributed by atoms with Gasteiger partial charge in [0.2, 0.25) is 0 Å². The Labute approximate surface area is 76.6 Å². The number of imidazole rings is 1. The molecule has 2 aromatic rings. The highest BCUT2D eigenvalue weighted by molar-refractivity contribution is 5.45. The lowest BCUT2D eigenvalue weighted by molar-refractivity contribution is 0.565. The molecule has 0 atom stereocenters. The Morgan fingerprint density at radius 1 is 1.23 bits per heavy atom. The minimum absolute atomic E-state index is 0.00947. The summed E-state index contributed by atoms with van der Waals surface area (Å²) in [7, 11) is 0. The third-order valence-electron chi connectivity index (χ3n) is 1.91. The maximum absolute atomic E-state index is 4.26. The summed E-state index contributed by atoms with van der Waals surface area (Å²) in [5.41, 5.74) is 1.83. The van der Waals surface area contributed by atoms with Gasteiger partial charge in [0, 0.05) is 17.8 Å². The highest BCUT2D eigenvalue weighted by atomic mass is 15.3. The molecule has 0 amide bonds. The van der Waals surface area contributed by atoms with Gasteiger partial charge in [-0.05, 0) is 0 Å². The molecule has 0 aliphatic rings. The first-order chi connectivity index (χ1) is 6.09. The molecule has 2 rings (SSSR count). The molecule has 0 spiro atoms. The molecular formula is C9H12N4. The molecule has 0 bridgehead atoms. The highest BCUT2D eigenvalue weighted by Gasteiger charge is 2.19. The van der Waals surface area contributed by atoms with Gasteiger partial charge in [-0.15, -0.1) is 0 Å². The summed E-state index contributed by atoms with van der Waals surface area (Å²) in [6, 6.07) is 0. The average Bonchev–Trinajstić information content (AvgIpc) is 2.48. The molecule has 0 saturated heterocycles. The quantitative estimate of drug-likeness (QED) is 0.609. The van der Waals surface area contributed by atoms with Crippen molar-refractivity contribution in [2.75, 3.05) is 0 Å². The zero-order chi connectivity index (χ0) is 9.47. The Hall–Kier alpha value is -1.45. The van der Waals surface area contributed by atoms with Crippen molar-refractivity contribution in [3.63, 3.8) is 0 Å². The molecule has 2 heterocycles. The maximum Gasteiger partial charge on any atom is 0.175 e. The van der Waals surface area contributed by atoms with Gasteiger partial charge in [0.05, 0.1) is 5.69 Å². The van der Waals surface area contributed by atoms with E-state index >= 15 is 0 Å². The van der Waals surface area contributed by atoms with Gasteiger partial charge >= 0.3 is 0 Å². The number of fused-ring (bicyclic) bond motifs is 1. The smallest absolute Gasteiger partial charge is 0.175 e. The molecule has 0 aromatic carbocycles. The third-order valence-corrected chi connectivity index (χ3v) is 1.91. The second kappa shape index (κ2) is 2.52. The molecule has 0 saturated carbocycles. The maximum atomic E-state index is 4.26. The van der Waals surface area contributed by atoms with E-state index in [9.17, 15) is 0 Å².